The van der Waals surface area contributed by atoms with Crippen LogP contribution >= 0.6 is 12.2 Å². The van der Waals surface area contributed by atoms with Crippen LogP contribution in [-0.4, -0.2) is 58.2 Å². The third kappa shape index (κ3) is 5.18. The Kier molecular flexibility index (Phi) is 6.25. The zero-order valence-corrected chi connectivity index (χ0v) is 15.6. The van der Waals surface area contributed by atoms with Gasteiger partial charge < -0.3 is 14.0 Å². The lowest BCUT2D eigenvalue weighted by atomic mass is 10.2. The molecule has 2 rings (SSSR count). The van der Waals surface area contributed by atoms with Gasteiger partial charge in [-0.3, -0.25) is 9.69 Å². The van der Waals surface area contributed by atoms with Crippen LogP contribution in [0.5, 0.6) is 0 Å². The molecule has 0 N–H and O–H groups in total. The van der Waals surface area contributed by atoms with Gasteiger partial charge in [0.05, 0.1) is 25.5 Å². The molecule has 0 saturated heterocycles. The van der Waals surface area contributed by atoms with Crippen molar-refractivity contribution in [3.8, 4) is 11.3 Å². The van der Waals surface area contributed by atoms with Crippen LogP contribution in [0.2, 0.25) is 0 Å². The van der Waals surface area contributed by atoms with Gasteiger partial charge in [0.25, 0.3) is 0 Å². The second-order valence-electron chi connectivity index (χ2n) is 6.22. The monoisotopic (exact) mass is 386 g/mol. The molecule has 0 spiro atoms. The highest BCUT2D eigenvalue weighted by atomic mass is 32.1. The van der Waals surface area contributed by atoms with Crippen molar-refractivity contribution in [3.05, 3.63) is 41.3 Å². The van der Waals surface area contributed by atoms with Crippen LogP contribution < -0.4 is 0 Å². The minimum absolute atomic E-state index is 0.126. The first-order valence-electron chi connectivity index (χ1n) is 7.89. The summed E-state index contributed by atoms with van der Waals surface area (Å²) in [5.74, 6) is -0.403. The molecule has 0 unspecified atom stereocenters. The molecular weight excluding hydrogens is 365 g/mol. The molecule has 0 fully saturated rings. The second-order valence-corrected chi connectivity index (χ2v) is 6.59. The summed E-state index contributed by atoms with van der Waals surface area (Å²) < 4.78 is 42.4. The van der Waals surface area contributed by atoms with Gasteiger partial charge in [-0.25, -0.2) is 0 Å². The van der Waals surface area contributed by atoms with Gasteiger partial charge >= 0.3 is 6.18 Å². The largest absolute Gasteiger partial charge is 0.401 e. The fourth-order valence-electron chi connectivity index (χ4n) is 2.52. The van der Waals surface area contributed by atoms with Gasteiger partial charge in [0.1, 0.15) is 0 Å². The summed E-state index contributed by atoms with van der Waals surface area (Å²) in [5, 5.41) is 0. The summed E-state index contributed by atoms with van der Waals surface area (Å²) in [6.07, 6.45) is -2.70. The van der Waals surface area contributed by atoms with Gasteiger partial charge in [0.15, 0.2) is 4.77 Å². The minimum Gasteiger partial charge on any atom is -0.348 e. The Morgan fingerprint density at radius 1 is 1.19 bits per heavy atom. The van der Waals surface area contributed by atoms with Crippen LogP contribution in [-0.2, 0) is 18.5 Å². The van der Waals surface area contributed by atoms with Crippen LogP contribution in [0, 0.1) is 4.77 Å². The molecule has 0 aliphatic carbocycles. The molecule has 0 radical (unpaired) electrons. The van der Waals surface area contributed by atoms with E-state index in [-0.39, 0.29) is 13.2 Å². The van der Waals surface area contributed by atoms with Gasteiger partial charge in [0, 0.05) is 27.3 Å². The molecule has 0 saturated carbocycles. The molecule has 26 heavy (non-hydrogen) atoms. The average Bonchev–Trinajstić information content (AvgIpc) is 2.82. The van der Waals surface area contributed by atoms with E-state index < -0.39 is 18.6 Å². The van der Waals surface area contributed by atoms with E-state index in [1.807, 2.05) is 30.3 Å². The van der Waals surface area contributed by atoms with E-state index in [2.05, 4.69) is 0 Å². The fourth-order valence-corrected chi connectivity index (χ4v) is 2.73. The summed E-state index contributed by atoms with van der Waals surface area (Å²) in [6.45, 7) is -1.66. The number of halogens is 3. The molecule has 9 heteroatoms. The number of hydrogen-bond donors (Lipinski definition) is 0. The maximum Gasteiger partial charge on any atom is 0.401 e. The Hall–Kier alpha value is -2.13. The van der Waals surface area contributed by atoms with Crippen molar-refractivity contribution in [2.75, 3.05) is 27.2 Å². The minimum atomic E-state index is -4.41. The van der Waals surface area contributed by atoms with Crippen LogP contribution in [0.1, 0.15) is 0 Å². The summed E-state index contributed by atoms with van der Waals surface area (Å²) >= 11 is 5.36. The number of amides is 1. The van der Waals surface area contributed by atoms with Gasteiger partial charge in [0.2, 0.25) is 5.91 Å². The van der Waals surface area contributed by atoms with E-state index in [0.29, 0.717) is 4.77 Å². The Bertz CT molecular complexity index is 812. The predicted octanol–water partition coefficient (Wildman–Crippen LogP) is 3.13. The number of imidazole rings is 1. The Morgan fingerprint density at radius 3 is 2.35 bits per heavy atom. The lowest BCUT2D eigenvalue weighted by molar-refractivity contribution is -0.154. The van der Waals surface area contributed by atoms with Crippen molar-refractivity contribution in [3.63, 3.8) is 0 Å². The second kappa shape index (κ2) is 8.05. The third-order valence-electron chi connectivity index (χ3n) is 3.85. The van der Waals surface area contributed by atoms with Gasteiger partial charge in [-0.05, 0) is 17.8 Å². The Labute approximate surface area is 155 Å². The summed E-state index contributed by atoms with van der Waals surface area (Å²) in [5.41, 5.74) is 1.70. The first kappa shape index (κ1) is 20.2. The zero-order chi connectivity index (χ0) is 19.5. The van der Waals surface area contributed by atoms with Crippen molar-refractivity contribution in [2.45, 2.75) is 12.8 Å². The molecule has 2 aromatic rings. The Morgan fingerprint density at radius 2 is 1.81 bits per heavy atom. The molecule has 1 amide bonds. The molecule has 0 aliphatic heterocycles. The molecule has 5 nitrogen and oxygen atoms in total. The van der Waals surface area contributed by atoms with Crippen molar-refractivity contribution >= 4 is 18.1 Å². The lowest BCUT2D eigenvalue weighted by Gasteiger charge is -2.24. The quantitative estimate of drug-likeness (QED) is 0.716. The molecule has 0 aliphatic rings. The summed E-state index contributed by atoms with van der Waals surface area (Å²) in [6, 6.07) is 9.44. The van der Waals surface area contributed by atoms with Crippen molar-refractivity contribution < 1.29 is 18.0 Å². The molecule has 0 bridgehead atoms. The number of hydrogen-bond acceptors (Lipinski definition) is 3. The topological polar surface area (TPSA) is 33.4 Å². The van der Waals surface area contributed by atoms with Gasteiger partial charge in [-0.2, -0.15) is 13.2 Å². The van der Waals surface area contributed by atoms with Gasteiger partial charge in [-0.1, -0.05) is 30.3 Å². The number of rotatable bonds is 6. The van der Waals surface area contributed by atoms with Crippen LogP contribution in [0.4, 0.5) is 13.2 Å². The molecule has 0 atom stereocenters. The molecule has 1 aromatic heterocycles. The molecule has 1 aromatic carbocycles. The highest BCUT2D eigenvalue weighted by molar-refractivity contribution is 7.71. The van der Waals surface area contributed by atoms with Crippen LogP contribution in [0.3, 0.4) is 0 Å². The number of carbonyl (C=O) groups excluding carboxylic acids is 1. The normalized spacial score (nSPS) is 11.8. The molecule has 142 valence electrons. The average molecular weight is 386 g/mol. The number of alkyl halides is 3. The number of likely N-dealkylation sites (N-methyl/N-ethyl adjacent to an activating group) is 1. The third-order valence-corrected chi connectivity index (χ3v) is 4.36. The number of benzene rings is 1. The first-order valence-corrected chi connectivity index (χ1v) is 8.30. The lowest BCUT2D eigenvalue weighted by Crippen LogP contribution is -2.42. The van der Waals surface area contributed by atoms with Gasteiger partial charge in [-0.15, -0.1) is 0 Å². The summed E-state index contributed by atoms with van der Waals surface area (Å²) in [7, 11) is 4.78. The number of aromatic nitrogens is 2. The van der Waals surface area contributed by atoms with Crippen molar-refractivity contribution in [1.82, 2.24) is 18.9 Å². The summed E-state index contributed by atoms with van der Waals surface area (Å²) in [4.78, 5) is 14.2. The fraction of sp³-hybridized carbons (Fsp3) is 0.412. The van der Waals surface area contributed by atoms with E-state index in [9.17, 15) is 18.0 Å². The highest BCUT2D eigenvalue weighted by Crippen LogP contribution is 2.21. The SMILES string of the molecule is CN(C)C(=O)CN(Cn1cc(-c2ccccc2)n(C)c1=S)CC(F)(F)F. The van der Waals surface area contributed by atoms with Crippen LogP contribution in [0.15, 0.2) is 36.5 Å². The standard InChI is InChI=1S/C17H21F3N4OS/c1-21(2)15(25)10-23(11-17(18,19)20)12-24-9-14(22(3)16(24)26)13-7-5-4-6-8-13/h4-9H,10-12H2,1-3H3. The van der Waals surface area contributed by atoms with E-state index in [0.717, 1.165) is 16.2 Å². The molecule has 1 heterocycles. The van der Waals surface area contributed by atoms with Crippen LogP contribution in [0.25, 0.3) is 11.3 Å². The number of carbonyl (C=O) groups is 1. The number of nitrogens with zero attached hydrogens (tertiary/aromatic N) is 4. The van der Waals surface area contributed by atoms with E-state index in [1.54, 1.807) is 22.4 Å². The zero-order valence-electron chi connectivity index (χ0n) is 14.8. The van der Waals surface area contributed by atoms with E-state index >= 15 is 0 Å². The van der Waals surface area contributed by atoms with Crippen molar-refractivity contribution in [2.24, 2.45) is 7.05 Å². The predicted molar refractivity (Wildman–Crippen MR) is 96.0 cm³/mol. The first-order chi connectivity index (χ1) is 12.1. The smallest absolute Gasteiger partial charge is 0.348 e. The Balaban J connectivity index is 2.30. The maximum absolute atomic E-state index is 12.9. The maximum atomic E-state index is 12.9. The van der Waals surface area contributed by atoms with E-state index in [1.165, 1.54) is 19.0 Å². The molecular formula is C17H21F3N4OS. The van der Waals surface area contributed by atoms with E-state index in [4.69, 9.17) is 12.2 Å². The van der Waals surface area contributed by atoms with Crippen molar-refractivity contribution in [1.29, 1.82) is 0 Å². The highest BCUT2D eigenvalue weighted by Gasteiger charge is 2.32.